The van der Waals surface area contributed by atoms with Crippen LogP contribution in [0.4, 0.5) is 0 Å². The standard InChI is InChI=1S/C24H26O4/c1-3-7-19-12-13-23(24(18-19)25-2)28-17-15-26-14-16-27-22-11-6-9-20-8-4-5-10-21(20)22/h3-6,8-13,18H,1,7,14-17H2,2H3. The maximum Gasteiger partial charge on any atom is 0.161 e. The number of benzene rings is 3. The van der Waals surface area contributed by atoms with E-state index in [1.807, 2.05) is 48.5 Å². The molecule has 0 N–H and O–H groups in total. The highest BCUT2D eigenvalue weighted by Gasteiger charge is 2.05. The summed E-state index contributed by atoms with van der Waals surface area (Å²) in [7, 11) is 1.64. The summed E-state index contributed by atoms with van der Waals surface area (Å²) in [5.74, 6) is 2.31. The molecule has 0 atom stereocenters. The monoisotopic (exact) mass is 378 g/mol. The third-order valence-electron chi connectivity index (χ3n) is 4.33. The van der Waals surface area contributed by atoms with Gasteiger partial charge >= 0.3 is 0 Å². The van der Waals surface area contributed by atoms with Crippen LogP contribution in [0.1, 0.15) is 5.56 Å². The molecule has 0 bridgehead atoms. The SMILES string of the molecule is C=CCc1ccc(OCCOCCOc2cccc3ccccc23)c(OC)c1. The van der Waals surface area contributed by atoms with Crippen molar-refractivity contribution in [3.63, 3.8) is 0 Å². The van der Waals surface area contributed by atoms with Crippen LogP contribution in [-0.4, -0.2) is 33.5 Å². The van der Waals surface area contributed by atoms with Gasteiger partial charge in [-0.25, -0.2) is 0 Å². The number of rotatable bonds is 11. The molecule has 0 unspecified atom stereocenters. The predicted molar refractivity (Wildman–Crippen MR) is 113 cm³/mol. The second-order valence-corrected chi connectivity index (χ2v) is 6.26. The average molecular weight is 378 g/mol. The maximum absolute atomic E-state index is 5.86. The van der Waals surface area contributed by atoms with Crippen molar-refractivity contribution in [3.05, 3.63) is 78.9 Å². The Bertz CT molecular complexity index is 899. The van der Waals surface area contributed by atoms with Crippen molar-refractivity contribution in [1.29, 1.82) is 0 Å². The maximum atomic E-state index is 5.86. The smallest absolute Gasteiger partial charge is 0.161 e. The topological polar surface area (TPSA) is 36.9 Å². The highest BCUT2D eigenvalue weighted by Crippen LogP contribution is 2.28. The fraction of sp³-hybridized carbons (Fsp3) is 0.250. The van der Waals surface area contributed by atoms with Crippen molar-refractivity contribution < 1.29 is 18.9 Å². The van der Waals surface area contributed by atoms with Gasteiger partial charge in [0.1, 0.15) is 19.0 Å². The van der Waals surface area contributed by atoms with Gasteiger partial charge < -0.3 is 18.9 Å². The summed E-state index contributed by atoms with van der Waals surface area (Å²) in [5.41, 5.74) is 1.14. The van der Waals surface area contributed by atoms with Gasteiger partial charge in [0.15, 0.2) is 11.5 Å². The molecule has 0 saturated carbocycles. The normalized spacial score (nSPS) is 10.6. The predicted octanol–water partition coefficient (Wildman–Crippen LogP) is 5.05. The van der Waals surface area contributed by atoms with Crippen molar-refractivity contribution in [1.82, 2.24) is 0 Å². The molecule has 0 spiro atoms. The molecule has 0 aliphatic rings. The van der Waals surface area contributed by atoms with E-state index >= 15 is 0 Å². The number of hydrogen-bond donors (Lipinski definition) is 0. The first-order chi connectivity index (χ1) is 13.8. The van der Waals surface area contributed by atoms with Crippen molar-refractivity contribution in [2.45, 2.75) is 6.42 Å². The fourth-order valence-corrected chi connectivity index (χ4v) is 2.97. The van der Waals surface area contributed by atoms with E-state index in [-0.39, 0.29) is 0 Å². The lowest BCUT2D eigenvalue weighted by Crippen LogP contribution is -2.12. The van der Waals surface area contributed by atoms with Crippen LogP contribution in [0, 0.1) is 0 Å². The number of fused-ring (bicyclic) bond motifs is 1. The molecule has 0 fully saturated rings. The van der Waals surface area contributed by atoms with Crippen LogP contribution in [0.3, 0.4) is 0 Å². The van der Waals surface area contributed by atoms with E-state index in [2.05, 4.69) is 24.8 Å². The van der Waals surface area contributed by atoms with Gasteiger partial charge in [0.05, 0.1) is 20.3 Å². The van der Waals surface area contributed by atoms with E-state index in [1.54, 1.807) is 7.11 Å². The Morgan fingerprint density at radius 2 is 1.54 bits per heavy atom. The third-order valence-corrected chi connectivity index (χ3v) is 4.33. The molecule has 3 aromatic rings. The van der Waals surface area contributed by atoms with Gasteiger partial charge in [0, 0.05) is 5.39 Å². The van der Waals surface area contributed by atoms with E-state index in [4.69, 9.17) is 18.9 Å². The van der Waals surface area contributed by atoms with Gasteiger partial charge in [0.2, 0.25) is 0 Å². The Morgan fingerprint density at radius 3 is 2.32 bits per heavy atom. The first-order valence-corrected chi connectivity index (χ1v) is 9.40. The zero-order valence-electron chi connectivity index (χ0n) is 16.2. The summed E-state index contributed by atoms with van der Waals surface area (Å²) >= 11 is 0. The van der Waals surface area contributed by atoms with E-state index in [9.17, 15) is 0 Å². The van der Waals surface area contributed by atoms with Gasteiger partial charge in [-0.1, -0.05) is 48.5 Å². The molecule has 0 aromatic heterocycles. The number of methoxy groups -OCH3 is 1. The first-order valence-electron chi connectivity index (χ1n) is 9.40. The fourth-order valence-electron chi connectivity index (χ4n) is 2.97. The molecule has 0 aliphatic carbocycles. The minimum absolute atomic E-state index is 0.450. The van der Waals surface area contributed by atoms with E-state index in [0.717, 1.165) is 28.9 Å². The summed E-state index contributed by atoms with van der Waals surface area (Å²) in [4.78, 5) is 0. The summed E-state index contributed by atoms with van der Waals surface area (Å²) in [6.07, 6.45) is 2.67. The van der Waals surface area contributed by atoms with E-state index < -0.39 is 0 Å². The summed E-state index contributed by atoms with van der Waals surface area (Å²) in [5, 5.41) is 2.28. The highest BCUT2D eigenvalue weighted by molar-refractivity contribution is 5.88. The quantitative estimate of drug-likeness (QED) is 0.346. The Balaban J connectivity index is 1.39. The molecular weight excluding hydrogens is 352 g/mol. The lowest BCUT2D eigenvalue weighted by atomic mass is 10.1. The minimum Gasteiger partial charge on any atom is -0.493 e. The van der Waals surface area contributed by atoms with Crippen LogP contribution in [0.2, 0.25) is 0 Å². The average Bonchev–Trinajstić information content (AvgIpc) is 2.74. The van der Waals surface area contributed by atoms with Crippen LogP contribution in [0.25, 0.3) is 10.8 Å². The second kappa shape index (κ2) is 10.4. The van der Waals surface area contributed by atoms with Gasteiger partial charge in [-0.05, 0) is 35.6 Å². The molecule has 146 valence electrons. The number of hydrogen-bond acceptors (Lipinski definition) is 4. The number of allylic oxidation sites excluding steroid dienone is 1. The van der Waals surface area contributed by atoms with Crippen molar-refractivity contribution >= 4 is 10.8 Å². The number of ether oxygens (including phenoxy) is 4. The van der Waals surface area contributed by atoms with E-state index in [1.165, 1.54) is 5.39 Å². The largest absolute Gasteiger partial charge is 0.493 e. The Hall–Kier alpha value is -2.98. The van der Waals surface area contributed by atoms with Crippen molar-refractivity contribution in [2.24, 2.45) is 0 Å². The summed E-state index contributed by atoms with van der Waals surface area (Å²) in [6.45, 7) is 5.68. The molecule has 4 nitrogen and oxygen atoms in total. The van der Waals surface area contributed by atoms with Crippen LogP contribution in [0.15, 0.2) is 73.3 Å². The molecular formula is C24H26O4. The van der Waals surface area contributed by atoms with Crippen LogP contribution >= 0.6 is 0 Å². The summed E-state index contributed by atoms with van der Waals surface area (Å²) < 4.78 is 22.6. The minimum atomic E-state index is 0.450. The van der Waals surface area contributed by atoms with Gasteiger partial charge in [-0.2, -0.15) is 0 Å². The van der Waals surface area contributed by atoms with Gasteiger partial charge in [-0.15, -0.1) is 6.58 Å². The zero-order chi connectivity index (χ0) is 19.6. The molecule has 3 aromatic carbocycles. The lowest BCUT2D eigenvalue weighted by Gasteiger charge is -2.12. The summed E-state index contributed by atoms with van der Waals surface area (Å²) in [6, 6.07) is 20.1. The molecule has 0 radical (unpaired) electrons. The van der Waals surface area contributed by atoms with Crippen molar-refractivity contribution in [2.75, 3.05) is 33.5 Å². The molecule has 0 heterocycles. The lowest BCUT2D eigenvalue weighted by molar-refractivity contribution is 0.0761. The third kappa shape index (κ3) is 5.27. The molecule has 0 amide bonds. The van der Waals surface area contributed by atoms with Crippen LogP contribution in [0.5, 0.6) is 17.2 Å². The molecule has 0 saturated heterocycles. The molecule has 0 aliphatic heterocycles. The van der Waals surface area contributed by atoms with Gasteiger partial charge in [0.25, 0.3) is 0 Å². The van der Waals surface area contributed by atoms with Crippen molar-refractivity contribution in [3.8, 4) is 17.2 Å². The first kappa shape index (κ1) is 19.8. The van der Waals surface area contributed by atoms with E-state index in [0.29, 0.717) is 32.2 Å². The van der Waals surface area contributed by atoms with Crippen LogP contribution < -0.4 is 14.2 Å². The highest BCUT2D eigenvalue weighted by atomic mass is 16.6. The molecule has 4 heteroatoms. The molecule has 28 heavy (non-hydrogen) atoms. The Labute approximate surface area is 166 Å². The zero-order valence-corrected chi connectivity index (χ0v) is 16.2. The Morgan fingerprint density at radius 1 is 0.786 bits per heavy atom. The molecule has 3 rings (SSSR count). The van der Waals surface area contributed by atoms with Crippen LogP contribution in [-0.2, 0) is 11.2 Å². The Kier molecular flexibility index (Phi) is 7.33. The van der Waals surface area contributed by atoms with Gasteiger partial charge in [-0.3, -0.25) is 0 Å². The second-order valence-electron chi connectivity index (χ2n) is 6.26.